The lowest BCUT2D eigenvalue weighted by Gasteiger charge is -2.37. The summed E-state index contributed by atoms with van der Waals surface area (Å²) in [6.45, 7) is 2.12. The van der Waals surface area contributed by atoms with Crippen molar-refractivity contribution in [1.82, 2.24) is 9.80 Å². The van der Waals surface area contributed by atoms with E-state index in [1.165, 1.54) is 10.4 Å². The number of fused-ring (bicyclic) bond motifs is 1. The van der Waals surface area contributed by atoms with Crippen molar-refractivity contribution in [3.8, 4) is 11.5 Å². The lowest BCUT2D eigenvalue weighted by Crippen LogP contribution is -2.48. The van der Waals surface area contributed by atoms with Gasteiger partial charge in [0.05, 0.1) is 32.4 Å². The van der Waals surface area contributed by atoms with Crippen LogP contribution in [0.15, 0.2) is 35.7 Å². The van der Waals surface area contributed by atoms with Crippen LogP contribution in [0.1, 0.15) is 29.3 Å². The third-order valence-corrected chi connectivity index (χ3v) is 7.08. The molecule has 0 bridgehead atoms. The molecule has 174 valence electrons. The van der Waals surface area contributed by atoms with Gasteiger partial charge in [0.2, 0.25) is 5.91 Å². The lowest BCUT2D eigenvalue weighted by atomic mass is 10.0. The Morgan fingerprint density at radius 1 is 1.22 bits per heavy atom. The van der Waals surface area contributed by atoms with Crippen LogP contribution in [0.2, 0.25) is 0 Å². The van der Waals surface area contributed by atoms with Gasteiger partial charge in [-0.25, -0.2) is 0 Å². The normalized spacial score (nSPS) is 19.0. The highest BCUT2D eigenvalue weighted by Crippen LogP contribution is 2.35. The molecule has 1 fully saturated rings. The number of hydrogen-bond acceptors (Lipinski definition) is 7. The minimum Gasteiger partial charge on any atom is -0.497 e. The highest BCUT2D eigenvalue weighted by molar-refractivity contribution is 7.10. The van der Waals surface area contributed by atoms with E-state index in [4.69, 9.17) is 14.2 Å². The number of aliphatic hydroxyl groups excluding tert-OH is 1. The molecule has 1 aliphatic carbocycles. The number of thiophene rings is 1. The molecule has 1 aliphatic heterocycles. The molecule has 32 heavy (non-hydrogen) atoms. The van der Waals surface area contributed by atoms with Gasteiger partial charge in [-0.1, -0.05) is 0 Å². The first kappa shape index (κ1) is 23.0. The van der Waals surface area contributed by atoms with E-state index in [0.717, 1.165) is 30.8 Å². The van der Waals surface area contributed by atoms with E-state index >= 15 is 0 Å². The maximum atomic E-state index is 13.4. The van der Waals surface area contributed by atoms with Crippen molar-refractivity contribution in [1.29, 1.82) is 0 Å². The number of ether oxygens (including phenoxy) is 3. The van der Waals surface area contributed by atoms with E-state index in [9.17, 15) is 9.90 Å². The summed E-state index contributed by atoms with van der Waals surface area (Å²) in [6, 6.07) is 9.87. The summed E-state index contributed by atoms with van der Waals surface area (Å²) in [7, 11) is 3.22. The van der Waals surface area contributed by atoms with Crippen molar-refractivity contribution in [3.05, 3.63) is 46.2 Å². The number of carbonyl (C=O) groups excluding carboxylic acids is 1. The van der Waals surface area contributed by atoms with Gasteiger partial charge in [0.1, 0.15) is 18.1 Å². The van der Waals surface area contributed by atoms with E-state index in [-0.39, 0.29) is 18.6 Å². The number of aliphatic hydroxyl groups is 1. The van der Waals surface area contributed by atoms with E-state index in [0.29, 0.717) is 32.3 Å². The molecule has 2 atom stereocenters. The van der Waals surface area contributed by atoms with Gasteiger partial charge in [-0.15, -0.1) is 11.3 Å². The molecule has 1 saturated carbocycles. The average molecular weight is 461 g/mol. The molecule has 1 aromatic heterocycles. The van der Waals surface area contributed by atoms with Crippen LogP contribution in [-0.4, -0.2) is 80.0 Å². The van der Waals surface area contributed by atoms with Gasteiger partial charge in [0, 0.05) is 31.1 Å². The zero-order valence-corrected chi connectivity index (χ0v) is 19.6. The fraction of sp³-hybridized carbons (Fsp3) is 0.542. The Morgan fingerprint density at radius 2 is 1.97 bits per heavy atom. The molecule has 4 rings (SSSR count). The third kappa shape index (κ3) is 5.61. The molecule has 0 saturated heterocycles. The topological polar surface area (TPSA) is 71.5 Å². The van der Waals surface area contributed by atoms with Crippen molar-refractivity contribution in [2.24, 2.45) is 0 Å². The molecule has 8 heteroatoms. The van der Waals surface area contributed by atoms with Crippen molar-refractivity contribution in [3.63, 3.8) is 0 Å². The molecule has 0 radical (unpaired) electrons. The number of nitrogens with zero attached hydrogens (tertiary/aromatic N) is 2. The quantitative estimate of drug-likeness (QED) is 0.556. The minimum absolute atomic E-state index is 0.0849. The summed E-state index contributed by atoms with van der Waals surface area (Å²) >= 11 is 1.74. The van der Waals surface area contributed by atoms with Gasteiger partial charge in [0.15, 0.2) is 0 Å². The van der Waals surface area contributed by atoms with Crippen molar-refractivity contribution < 1.29 is 24.1 Å². The molecule has 1 aromatic carbocycles. The summed E-state index contributed by atoms with van der Waals surface area (Å²) in [4.78, 5) is 18.8. The molecular weight excluding hydrogens is 428 g/mol. The fourth-order valence-corrected chi connectivity index (χ4v) is 5.21. The van der Waals surface area contributed by atoms with Crippen LogP contribution < -0.4 is 9.47 Å². The summed E-state index contributed by atoms with van der Waals surface area (Å²) in [5, 5.41) is 12.3. The lowest BCUT2D eigenvalue weighted by molar-refractivity contribution is -0.136. The fourth-order valence-electron chi connectivity index (χ4n) is 4.28. The summed E-state index contributed by atoms with van der Waals surface area (Å²) in [5.41, 5.74) is 1.18. The highest BCUT2D eigenvalue weighted by Gasteiger charge is 2.36. The number of amides is 1. The van der Waals surface area contributed by atoms with Crippen molar-refractivity contribution >= 4 is 17.2 Å². The number of methoxy groups -OCH3 is 2. The standard InChI is InChI=1S/C24H32N2O5S/c1-29-15-18(27)13-25(17-3-4-17)14-24(28)26-11-9-23-21(10-12-32-23)22(26)16-31-20-7-5-19(30-2)6-8-20/h5-8,10,12,17-18,22,27H,3-4,9,11,13-16H2,1-2H3. The number of benzene rings is 1. The van der Waals surface area contributed by atoms with Gasteiger partial charge < -0.3 is 24.2 Å². The number of rotatable bonds is 11. The molecule has 1 amide bonds. The van der Waals surface area contributed by atoms with Crippen LogP contribution >= 0.6 is 11.3 Å². The van der Waals surface area contributed by atoms with E-state index in [1.54, 1.807) is 25.6 Å². The van der Waals surface area contributed by atoms with Crippen LogP contribution in [0, 0.1) is 0 Å². The highest BCUT2D eigenvalue weighted by atomic mass is 32.1. The van der Waals surface area contributed by atoms with Crippen LogP contribution in [-0.2, 0) is 16.0 Å². The Hall–Kier alpha value is -2.13. The molecule has 1 N–H and O–H groups in total. The Morgan fingerprint density at radius 3 is 2.66 bits per heavy atom. The zero-order valence-electron chi connectivity index (χ0n) is 18.7. The van der Waals surface area contributed by atoms with Crippen molar-refractivity contribution in [2.75, 3.05) is 47.1 Å². The van der Waals surface area contributed by atoms with E-state index < -0.39 is 6.10 Å². The van der Waals surface area contributed by atoms with Crippen LogP contribution in [0.5, 0.6) is 11.5 Å². The number of hydrogen-bond donors (Lipinski definition) is 1. The van der Waals surface area contributed by atoms with Gasteiger partial charge in [-0.2, -0.15) is 0 Å². The van der Waals surface area contributed by atoms with Crippen molar-refractivity contribution in [2.45, 2.75) is 37.5 Å². The average Bonchev–Trinajstić information content (AvgIpc) is 3.54. The molecular formula is C24H32N2O5S. The minimum atomic E-state index is -0.590. The first-order valence-corrected chi connectivity index (χ1v) is 12.0. The molecule has 2 aliphatic rings. The molecule has 2 aromatic rings. The number of carbonyl (C=O) groups is 1. The first-order chi connectivity index (χ1) is 15.6. The van der Waals surface area contributed by atoms with Gasteiger partial charge in [-0.05, 0) is 60.5 Å². The van der Waals surface area contributed by atoms with Crippen LogP contribution in [0.4, 0.5) is 0 Å². The second-order valence-electron chi connectivity index (χ2n) is 8.41. The predicted octanol–water partition coefficient (Wildman–Crippen LogP) is 2.73. The molecule has 7 nitrogen and oxygen atoms in total. The monoisotopic (exact) mass is 460 g/mol. The van der Waals surface area contributed by atoms with Gasteiger partial charge in [0.25, 0.3) is 0 Å². The second-order valence-corrected chi connectivity index (χ2v) is 9.41. The van der Waals surface area contributed by atoms with Crippen LogP contribution in [0.25, 0.3) is 0 Å². The predicted molar refractivity (Wildman–Crippen MR) is 123 cm³/mol. The second kappa shape index (κ2) is 10.7. The maximum absolute atomic E-state index is 13.4. The van der Waals surface area contributed by atoms with Gasteiger partial charge in [-0.3, -0.25) is 9.69 Å². The maximum Gasteiger partial charge on any atom is 0.237 e. The Bertz CT molecular complexity index is 883. The summed E-state index contributed by atoms with van der Waals surface area (Å²) in [6.07, 6.45) is 2.43. The Kier molecular flexibility index (Phi) is 7.67. The summed E-state index contributed by atoms with van der Waals surface area (Å²) < 4.78 is 16.4. The zero-order chi connectivity index (χ0) is 22.5. The van der Waals surface area contributed by atoms with E-state index in [1.807, 2.05) is 29.2 Å². The molecule has 2 heterocycles. The third-order valence-electron chi connectivity index (χ3n) is 6.09. The Labute approximate surface area is 193 Å². The van der Waals surface area contributed by atoms with Crippen LogP contribution in [0.3, 0.4) is 0 Å². The largest absolute Gasteiger partial charge is 0.497 e. The molecule has 0 spiro atoms. The SMILES string of the molecule is COCC(O)CN(CC(=O)N1CCc2sccc2C1COc1ccc(OC)cc1)C1CC1. The first-order valence-electron chi connectivity index (χ1n) is 11.1. The molecule has 2 unspecified atom stereocenters. The smallest absolute Gasteiger partial charge is 0.237 e. The summed E-state index contributed by atoms with van der Waals surface area (Å²) in [5.74, 6) is 1.62. The van der Waals surface area contributed by atoms with E-state index in [2.05, 4.69) is 16.3 Å². The Balaban J connectivity index is 1.44. The van der Waals surface area contributed by atoms with Gasteiger partial charge >= 0.3 is 0 Å².